The van der Waals surface area contributed by atoms with Crippen molar-refractivity contribution in [3.63, 3.8) is 0 Å². The fourth-order valence-corrected chi connectivity index (χ4v) is 8.11. The predicted octanol–water partition coefficient (Wildman–Crippen LogP) is 1.61. The van der Waals surface area contributed by atoms with Crippen LogP contribution in [0.4, 0.5) is 5.82 Å². The van der Waals surface area contributed by atoms with Gasteiger partial charge in [-0.25, -0.2) is 19.7 Å². The third-order valence-electron chi connectivity index (χ3n) is 10.8. The van der Waals surface area contributed by atoms with Crippen LogP contribution in [-0.4, -0.2) is 115 Å². The number of ether oxygens (including phenoxy) is 8. The van der Waals surface area contributed by atoms with Crippen molar-refractivity contribution >= 4 is 74.7 Å². The number of imidazole rings is 1. The largest absolute Gasteiger partial charge is 0.463 e. The molecular weight excluding hydrogens is 935 g/mol. The first-order valence-electron chi connectivity index (χ1n) is 21.5. The van der Waals surface area contributed by atoms with Gasteiger partial charge in [0.15, 0.2) is 70.8 Å². The summed E-state index contributed by atoms with van der Waals surface area (Å²) in [6.07, 6.45) is -8.11. The standard InChI is InChI=1S/C47H41N7O17/c1-21(55)63-18-32-38(65-23(3)57)40(67-25(5)59)45(69-32)53-17-29(44(61)52-47(53)62)14-13-27-9-7-11-30-31-12-8-10-28(37(31)71-36(27)30)15-16-34-51-35-42(48)49-20-50-43(35)54(34)46-41(68-26(6)60)39(66-24(4)58)33(70-46)19-64-22(2)56/h7-12,17,20,32-33,38-41,45-46H,18-19H2,1-6H3,(H2,48,49,50)(H,52,61,62)/t32-,33-,38-,39-,40-,41-,45-,46-/m1/s1. The SMILES string of the molecule is CC(=O)OC[C@H]1O[C@@H](n2cc(C#Cc3cccc4c3oc3c(C#Cc5nc6c(N)ncnc6n5[C@@H]5O[C@H](COC(C)=O)[C@@H](OC(C)=O)[C@H]5OC(C)=O)cccc34)c(=O)[nH]c2=O)[C@H](OC(C)=O)[C@@H]1OC(C)=O. The summed E-state index contributed by atoms with van der Waals surface area (Å²) in [7, 11) is 0. The van der Waals surface area contributed by atoms with Crippen LogP contribution in [0.2, 0.25) is 0 Å². The van der Waals surface area contributed by atoms with Crippen molar-refractivity contribution in [1.82, 2.24) is 29.1 Å². The minimum absolute atomic E-state index is 0.000661. The molecule has 3 N–H and O–H groups in total. The minimum Gasteiger partial charge on any atom is -0.463 e. The monoisotopic (exact) mass is 975 g/mol. The van der Waals surface area contributed by atoms with Crippen LogP contribution in [-0.2, 0) is 66.7 Å². The van der Waals surface area contributed by atoms with Gasteiger partial charge >= 0.3 is 41.5 Å². The van der Waals surface area contributed by atoms with E-state index in [1.54, 1.807) is 36.4 Å². The molecule has 2 aliphatic heterocycles. The number of H-pyrrole nitrogens is 1. The summed E-state index contributed by atoms with van der Waals surface area (Å²) < 4.78 is 53.4. The lowest BCUT2D eigenvalue weighted by atomic mass is 10.1. The van der Waals surface area contributed by atoms with Gasteiger partial charge in [-0.3, -0.25) is 47.7 Å². The molecule has 0 radical (unpaired) electrons. The number of carbonyl (C=O) groups is 6. The molecule has 0 amide bonds. The first-order chi connectivity index (χ1) is 33.9. The molecule has 0 spiro atoms. The number of esters is 6. The molecule has 2 fully saturated rings. The van der Waals surface area contributed by atoms with Crippen LogP contribution in [0.3, 0.4) is 0 Å². The number of nitrogens with one attached hydrogen (secondary N) is 1. The number of rotatable bonds is 10. The first-order valence-corrected chi connectivity index (χ1v) is 21.5. The summed E-state index contributed by atoms with van der Waals surface area (Å²) in [4.78, 5) is 114. The predicted molar refractivity (Wildman–Crippen MR) is 240 cm³/mol. The van der Waals surface area contributed by atoms with Crippen LogP contribution in [0.25, 0.3) is 33.1 Å². The van der Waals surface area contributed by atoms with E-state index in [2.05, 4.69) is 43.6 Å². The van der Waals surface area contributed by atoms with E-state index in [9.17, 15) is 38.4 Å². The number of nitrogen functional groups attached to an aromatic ring is 1. The normalized spacial score (nSPS) is 21.4. The van der Waals surface area contributed by atoms with Crippen molar-refractivity contribution in [3.8, 4) is 23.7 Å². The van der Waals surface area contributed by atoms with E-state index in [-0.39, 0.29) is 35.0 Å². The summed E-state index contributed by atoms with van der Waals surface area (Å²) in [5.41, 5.74) is 5.69. The van der Waals surface area contributed by atoms with Crippen LogP contribution in [0.1, 0.15) is 76.5 Å². The number of aromatic nitrogens is 6. The number of para-hydroxylation sites is 2. The molecule has 6 aromatic rings. The van der Waals surface area contributed by atoms with Crippen molar-refractivity contribution in [2.75, 3.05) is 18.9 Å². The average molecular weight is 976 g/mol. The third-order valence-corrected chi connectivity index (χ3v) is 10.8. The highest BCUT2D eigenvalue weighted by molar-refractivity contribution is 6.08. The fourth-order valence-electron chi connectivity index (χ4n) is 8.11. The fraction of sp³-hybridized carbons (Fsp3) is 0.340. The lowest BCUT2D eigenvalue weighted by molar-refractivity contribution is -0.166. The summed E-state index contributed by atoms with van der Waals surface area (Å²) in [5, 5.41) is 1.24. The molecule has 366 valence electrons. The number of hydrogen-bond acceptors (Lipinski definition) is 21. The van der Waals surface area contributed by atoms with E-state index in [1.165, 1.54) is 17.8 Å². The van der Waals surface area contributed by atoms with Crippen molar-refractivity contribution in [2.45, 2.75) is 90.6 Å². The molecule has 8 atom stereocenters. The highest BCUT2D eigenvalue weighted by Crippen LogP contribution is 2.38. The number of fused-ring (bicyclic) bond motifs is 4. The number of carbonyl (C=O) groups excluding carboxylic acids is 6. The number of nitrogens with two attached hydrogens (primary N) is 1. The van der Waals surface area contributed by atoms with Gasteiger partial charge in [0.2, 0.25) is 0 Å². The van der Waals surface area contributed by atoms with Gasteiger partial charge in [0, 0.05) is 58.5 Å². The van der Waals surface area contributed by atoms with Gasteiger partial charge in [0.05, 0.1) is 11.1 Å². The van der Waals surface area contributed by atoms with Gasteiger partial charge in [-0.2, -0.15) is 0 Å². The number of benzene rings is 2. The Kier molecular flexibility index (Phi) is 13.7. The number of anilines is 1. The van der Waals surface area contributed by atoms with Crippen LogP contribution >= 0.6 is 0 Å². The van der Waals surface area contributed by atoms with Crippen LogP contribution in [0.5, 0.6) is 0 Å². The smallest absolute Gasteiger partial charge is 0.330 e. The Morgan fingerprint density at radius 1 is 0.648 bits per heavy atom. The quantitative estimate of drug-likeness (QED) is 0.112. The molecule has 6 heterocycles. The van der Waals surface area contributed by atoms with Crippen LogP contribution < -0.4 is 17.0 Å². The van der Waals surface area contributed by atoms with Crippen molar-refractivity contribution in [3.05, 3.63) is 92.3 Å². The van der Waals surface area contributed by atoms with Gasteiger partial charge < -0.3 is 48.0 Å². The molecule has 0 saturated carbocycles. The number of nitrogens with zero attached hydrogens (tertiary/aromatic N) is 5. The summed E-state index contributed by atoms with van der Waals surface area (Å²) in [6, 6.07) is 10.4. The van der Waals surface area contributed by atoms with E-state index in [1.807, 2.05) is 0 Å². The van der Waals surface area contributed by atoms with E-state index < -0.39 is 103 Å². The van der Waals surface area contributed by atoms with E-state index in [0.29, 0.717) is 33.1 Å². The Bertz CT molecular complexity index is 3420. The maximum Gasteiger partial charge on any atom is 0.330 e. The molecule has 2 saturated heterocycles. The van der Waals surface area contributed by atoms with Gasteiger partial charge in [-0.05, 0) is 18.1 Å². The summed E-state index contributed by atoms with van der Waals surface area (Å²) in [6.45, 7) is 6.05. The maximum atomic E-state index is 13.3. The number of hydrogen-bond donors (Lipinski definition) is 2. The van der Waals surface area contributed by atoms with Crippen LogP contribution in [0.15, 0.2) is 62.9 Å². The second-order valence-electron chi connectivity index (χ2n) is 15.9. The Hall–Kier alpha value is -8.87. The van der Waals surface area contributed by atoms with Gasteiger partial charge in [-0.15, -0.1) is 0 Å². The molecule has 71 heavy (non-hydrogen) atoms. The van der Waals surface area contributed by atoms with Gasteiger partial charge in [-0.1, -0.05) is 42.0 Å². The Labute approximate surface area is 399 Å². The second-order valence-corrected chi connectivity index (χ2v) is 15.9. The van der Waals surface area contributed by atoms with E-state index in [0.717, 1.165) is 45.4 Å². The van der Waals surface area contributed by atoms with Crippen molar-refractivity contribution < 1.29 is 71.1 Å². The highest BCUT2D eigenvalue weighted by Gasteiger charge is 2.53. The third kappa shape index (κ3) is 10.1. The molecule has 0 aliphatic carbocycles. The topological polar surface area (TPSA) is 314 Å². The number of furan rings is 1. The zero-order valence-electron chi connectivity index (χ0n) is 38.4. The van der Waals surface area contributed by atoms with Crippen LogP contribution in [0, 0.1) is 23.7 Å². The Morgan fingerprint density at radius 2 is 1.14 bits per heavy atom. The molecule has 24 heteroatoms. The Balaban J connectivity index is 1.18. The molecular formula is C47H41N7O17. The molecule has 2 aromatic carbocycles. The molecule has 24 nitrogen and oxygen atoms in total. The lowest BCUT2D eigenvalue weighted by Gasteiger charge is -2.24. The molecule has 4 aromatic heterocycles. The summed E-state index contributed by atoms with van der Waals surface area (Å²) in [5.74, 6) is 7.42. The molecule has 0 bridgehead atoms. The first kappa shape index (κ1) is 48.6. The van der Waals surface area contributed by atoms with Gasteiger partial charge in [0.1, 0.15) is 37.3 Å². The van der Waals surface area contributed by atoms with E-state index in [4.69, 9.17) is 48.0 Å². The van der Waals surface area contributed by atoms with E-state index >= 15 is 0 Å². The zero-order valence-corrected chi connectivity index (χ0v) is 38.4. The van der Waals surface area contributed by atoms with Crippen molar-refractivity contribution in [1.29, 1.82) is 0 Å². The molecule has 0 unspecified atom stereocenters. The zero-order chi connectivity index (χ0) is 50.8. The second kappa shape index (κ2) is 20.0. The Morgan fingerprint density at radius 3 is 1.68 bits per heavy atom. The highest BCUT2D eigenvalue weighted by atomic mass is 16.7. The average Bonchev–Trinajstić information content (AvgIpc) is 4.05. The number of aromatic amines is 1. The lowest BCUT2D eigenvalue weighted by Crippen LogP contribution is -2.42. The molecule has 8 rings (SSSR count). The minimum atomic E-state index is -1.48. The van der Waals surface area contributed by atoms with Crippen molar-refractivity contribution in [2.24, 2.45) is 0 Å². The van der Waals surface area contributed by atoms with Gasteiger partial charge in [0.25, 0.3) is 5.56 Å². The maximum absolute atomic E-state index is 13.3. The summed E-state index contributed by atoms with van der Waals surface area (Å²) >= 11 is 0. The molecule has 2 aliphatic rings.